The Morgan fingerprint density at radius 1 is 1.17 bits per heavy atom. The lowest BCUT2D eigenvalue weighted by Gasteiger charge is -2.37. The first-order chi connectivity index (χ1) is 13.9. The first-order valence-corrected chi connectivity index (χ1v) is 9.89. The summed E-state index contributed by atoms with van der Waals surface area (Å²) in [5, 5.41) is 4.99. The van der Waals surface area contributed by atoms with Crippen LogP contribution in [-0.2, 0) is 14.3 Å². The Morgan fingerprint density at radius 3 is 2.62 bits per heavy atom. The van der Waals surface area contributed by atoms with Gasteiger partial charge in [-0.05, 0) is 18.1 Å². The standard InChI is InChI=1S/C20H28N4O5/c1-14(2)11-21-20(27)22-18(25)13-24-12-17(19(26)23-7-9-28-10-8-23)29-16-6-4-3-5-15(16)24/h3-6,14,17H,7-13H2,1-2H3,(H2,21,22,25,27). The summed E-state index contributed by atoms with van der Waals surface area (Å²) in [5.74, 6) is 0.264. The second-order valence-electron chi connectivity index (χ2n) is 7.54. The second kappa shape index (κ2) is 9.60. The molecule has 29 heavy (non-hydrogen) atoms. The van der Waals surface area contributed by atoms with Gasteiger partial charge in [0.25, 0.3) is 5.91 Å². The first-order valence-electron chi connectivity index (χ1n) is 9.89. The van der Waals surface area contributed by atoms with Crippen molar-refractivity contribution >= 4 is 23.5 Å². The van der Waals surface area contributed by atoms with Gasteiger partial charge in [-0.25, -0.2) is 4.79 Å². The van der Waals surface area contributed by atoms with Crippen LogP contribution in [0.2, 0.25) is 0 Å². The zero-order valence-corrected chi connectivity index (χ0v) is 16.8. The average molecular weight is 404 g/mol. The van der Waals surface area contributed by atoms with Crippen molar-refractivity contribution in [3.8, 4) is 5.75 Å². The monoisotopic (exact) mass is 404 g/mol. The Kier molecular flexibility index (Phi) is 6.92. The van der Waals surface area contributed by atoms with Crippen LogP contribution in [0.15, 0.2) is 24.3 Å². The third kappa shape index (κ3) is 5.60. The SMILES string of the molecule is CC(C)CNC(=O)NC(=O)CN1CC(C(=O)N2CCOCC2)Oc2ccccc21. The van der Waals surface area contributed by atoms with E-state index in [4.69, 9.17) is 9.47 Å². The minimum Gasteiger partial charge on any atom is -0.477 e. The zero-order valence-electron chi connectivity index (χ0n) is 16.8. The van der Waals surface area contributed by atoms with Crippen molar-refractivity contribution in [1.82, 2.24) is 15.5 Å². The van der Waals surface area contributed by atoms with E-state index in [0.717, 1.165) is 5.69 Å². The zero-order chi connectivity index (χ0) is 20.8. The van der Waals surface area contributed by atoms with Gasteiger partial charge < -0.3 is 24.6 Å². The van der Waals surface area contributed by atoms with Crippen LogP contribution < -0.4 is 20.3 Å². The first kappa shape index (κ1) is 20.9. The van der Waals surface area contributed by atoms with Gasteiger partial charge >= 0.3 is 6.03 Å². The average Bonchev–Trinajstić information content (AvgIpc) is 2.72. The van der Waals surface area contributed by atoms with Gasteiger partial charge in [0.15, 0.2) is 6.10 Å². The van der Waals surface area contributed by atoms with Gasteiger partial charge in [0, 0.05) is 19.6 Å². The number of nitrogens with one attached hydrogen (secondary N) is 2. The fourth-order valence-corrected chi connectivity index (χ4v) is 3.25. The number of hydrogen-bond acceptors (Lipinski definition) is 6. The molecule has 9 heteroatoms. The number of fused-ring (bicyclic) bond motifs is 1. The molecular formula is C20H28N4O5. The molecule has 0 aliphatic carbocycles. The molecule has 0 saturated carbocycles. The number of carbonyl (C=O) groups is 3. The summed E-state index contributed by atoms with van der Waals surface area (Å²) in [6.07, 6.45) is -0.717. The quantitative estimate of drug-likeness (QED) is 0.745. The molecule has 1 aromatic rings. The number of morpholine rings is 1. The number of ether oxygens (including phenoxy) is 2. The highest BCUT2D eigenvalue weighted by Crippen LogP contribution is 2.33. The van der Waals surface area contributed by atoms with Crippen LogP contribution in [0.5, 0.6) is 5.75 Å². The lowest BCUT2D eigenvalue weighted by Crippen LogP contribution is -2.54. The Bertz CT molecular complexity index is 748. The van der Waals surface area contributed by atoms with Crippen molar-refractivity contribution in [2.24, 2.45) is 5.92 Å². The maximum atomic E-state index is 12.9. The van der Waals surface area contributed by atoms with Gasteiger partial charge in [0.05, 0.1) is 32.0 Å². The number of rotatable bonds is 5. The number of amides is 4. The fourth-order valence-electron chi connectivity index (χ4n) is 3.25. The van der Waals surface area contributed by atoms with Crippen molar-refractivity contribution in [1.29, 1.82) is 0 Å². The molecule has 0 spiro atoms. The van der Waals surface area contributed by atoms with Crippen molar-refractivity contribution in [3.05, 3.63) is 24.3 Å². The Balaban J connectivity index is 1.65. The maximum Gasteiger partial charge on any atom is 0.321 e. The Hall–Kier alpha value is -2.81. The number of anilines is 1. The van der Waals surface area contributed by atoms with Crippen LogP contribution in [-0.4, -0.2) is 74.8 Å². The predicted molar refractivity (Wildman–Crippen MR) is 107 cm³/mol. The summed E-state index contributed by atoms with van der Waals surface area (Å²) in [4.78, 5) is 40.6. The molecule has 1 saturated heterocycles. The van der Waals surface area contributed by atoms with Crippen LogP contribution in [0.1, 0.15) is 13.8 Å². The normalized spacial score (nSPS) is 18.7. The summed E-state index contributed by atoms with van der Waals surface area (Å²) in [6.45, 7) is 6.66. The number of para-hydroxylation sites is 2. The van der Waals surface area contributed by atoms with Gasteiger partial charge in [-0.1, -0.05) is 26.0 Å². The molecule has 1 unspecified atom stereocenters. The summed E-state index contributed by atoms with van der Waals surface area (Å²) in [5.41, 5.74) is 0.719. The van der Waals surface area contributed by atoms with E-state index in [9.17, 15) is 14.4 Å². The third-order valence-corrected chi connectivity index (χ3v) is 4.72. The molecule has 2 aliphatic heterocycles. The lowest BCUT2D eigenvalue weighted by molar-refractivity contribution is -0.142. The Morgan fingerprint density at radius 2 is 1.90 bits per heavy atom. The second-order valence-corrected chi connectivity index (χ2v) is 7.54. The number of urea groups is 1. The van der Waals surface area contributed by atoms with Gasteiger partial charge in [0.1, 0.15) is 5.75 Å². The molecule has 158 valence electrons. The van der Waals surface area contributed by atoms with Crippen molar-refractivity contribution in [2.45, 2.75) is 20.0 Å². The van der Waals surface area contributed by atoms with Gasteiger partial charge in [-0.3, -0.25) is 14.9 Å². The molecule has 1 atom stereocenters. The van der Waals surface area contributed by atoms with E-state index in [1.54, 1.807) is 15.9 Å². The highest BCUT2D eigenvalue weighted by molar-refractivity contribution is 5.97. The molecule has 2 heterocycles. The number of hydrogen-bond donors (Lipinski definition) is 2. The van der Waals surface area contributed by atoms with Crippen LogP contribution in [0, 0.1) is 5.92 Å². The lowest BCUT2D eigenvalue weighted by atomic mass is 10.1. The number of carbonyl (C=O) groups excluding carboxylic acids is 3. The molecule has 0 radical (unpaired) electrons. The highest BCUT2D eigenvalue weighted by Gasteiger charge is 2.34. The third-order valence-electron chi connectivity index (χ3n) is 4.72. The number of imide groups is 1. The molecule has 2 N–H and O–H groups in total. The summed E-state index contributed by atoms with van der Waals surface area (Å²) in [7, 11) is 0. The van der Waals surface area contributed by atoms with E-state index in [1.165, 1.54) is 0 Å². The van der Waals surface area contributed by atoms with Gasteiger partial charge in [-0.15, -0.1) is 0 Å². The van der Waals surface area contributed by atoms with Crippen LogP contribution in [0.4, 0.5) is 10.5 Å². The predicted octanol–water partition coefficient (Wildman–Crippen LogP) is 0.595. The molecule has 3 rings (SSSR count). The van der Waals surface area contributed by atoms with E-state index < -0.39 is 18.0 Å². The minimum absolute atomic E-state index is 0.0532. The van der Waals surface area contributed by atoms with E-state index >= 15 is 0 Å². The minimum atomic E-state index is -0.717. The van der Waals surface area contributed by atoms with Gasteiger partial charge in [-0.2, -0.15) is 0 Å². The molecule has 0 bridgehead atoms. The summed E-state index contributed by atoms with van der Waals surface area (Å²) in [6, 6.07) is 6.74. The summed E-state index contributed by atoms with van der Waals surface area (Å²) < 4.78 is 11.2. The van der Waals surface area contributed by atoms with Gasteiger partial charge in [0.2, 0.25) is 5.91 Å². The fraction of sp³-hybridized carbons (Fsp3) is 0.550. The van der Waals surface area contributed by atoms with E-state index in [2.05, 4.69) is 10.6 Å². The summed E-state index contributed by atoms with van der Waals surface area (Å²) >= 11 is 0. The molecule has 0 aromatic heterocycles. The molecule has 1 aromatic carbocycles. The molecular weight excluding hydrogens is 376 g/mol. The molecule has 9 nitrogen and oxygen atoms in total. The topological polar surface area (TPSA) is 100 Å². The van der Waals surface area contributed by atoms with E-state index in [-0.39, 0.29) is 24.9 Å². The molecule has 1 fully saturated rings. The smallest absolute Gasteiger partial charge is 0.321 e. The van der Waals surface area contributed by atoms with E-state index in [1.807, 2.05) is 32.0 Å². The Labute approximate surface area is 170 Å². The van der Waals surface area contributed by atoms with Crippen LogP contribution >= 0.6 is 0 Å². The number of nitrogens with zero attached hydrogens (tertiary/aromatic N) is 2. The van der Waals surface area contributed by atoms with Crippen molar-refractivity contribution < 1.29 is 23.9 Å². The van der Waals surface area contributed by atoms with Crippen molar-refractivity contribution in [2.75, 3.05) is 50.8 Å². The maximum absolute atomic E-state index is 12.9. The van der Waals surface area contributed by atoms with Crippen LogP contribution in [0.25, 0.3) is 0 Å². The largest absolute Gasteiger partial charge is 0.477 e. The van der Waals surface area contributed by atoms with Crippen molar-refractivity contribution in [3.63, 3.8) is 0 Å². The van der Waals surface area contributed by atoms with E-state index in [0.29, 0.717) is 38.6 Å². The molecule has 4 amide bonds. The number of benzene rings is 1. The molecule has 2 aliphatic rings. The van der Waals surface area contributed by atoms with Crippen LogP contribution in [0.3, 0.4) is 0 Å². The highest BCUT2D eigenvalue weighted by atomic mass is 16.5.